The highest BCUT2D eigenvalue weighted by atomic mass is 16.5. The Morgan fingerprint density at radius 3 is 3.21 bits per heavy atom. The zero-order valence-electron chi connectivity index (χ0n) is 7.60. The van der Waals surface area contributed by atoms with Crippen molar-refractivity contribution in [3.63, 3.8) is 0 Å². The molecule has 5 nitrogen and oxygen atoms in total. The monoisotopic (exact) mass is 190 g/mol. The molecule has 1 atom stereocenters. The average molecular weight is 190 g/mol. The van der Waals surface area contributed by atoms with Crippen molar-refractivity contribution in [1.29, 1.82) is 5.26 Å². The summed E-state index contributed by atoms with van der Waals surface area (Å²) in [7, 11) is 0. The molecule has 1 aliphatic rings. The van der Waals surface area contributed by atoms with Gasteiger partial charge in [-0.3, -0.25) is 0 Å². The Morgan fingerprint density at radius 2 is 2.50 bits per heavy atom. The number of nitrogens with one attached hydrogen (secondary N) is 1. The van der Waals surface area contributed by atoms with Crippen molar-refractivity contribution < 1.29 is 4.74 Å². The van der Waals surface area contributed by atoms with Crippen LogP contribution in [0.2, 0.25) is 0 Å². The quantitative estimate of drug-likeness (QED) is 0.715. The fourth-order valence-corrected chi connectivity index (χ4v) is 1.36. The molecule has 14 heavy (non-hydrogen) atoms. The largest absolute Gasteiger partial charge is 0.473 e. The molecule has 0 amide bonds. The molecule has 1 aliphatic heterocycles. The van der Waals surface area contributed by atoms with Gasteiger partial charge in [-0.2, -0.15) is 5.26 Å². The van der Waals surface area contributed by atoms with Gasteiger partial charge in [-0.15, -0.1) is 0 Å². The van der Waals surface area contributed by atoms with Crippen LogP contribution in [0.5, 0.6) is 5.88 Å². The van der Waals surface area contributed by atoms with E-state index < -0.39 is 0 Å². The number of nitriles is 1. The smallest absolute Gasteiger partial charge is 0.217 e. The number of hydrogen-bond donors (Lipinski definition) is 1. The van der Waals surface area contributed by atoms with Crippen LogP contribution in [0, 0.1) is 11.3 Å². The Kier molecular flexibility index (Phi) is 2.56. The van der Waals surface area contributed by atoms with E-state index in [-0.39, 0.29) is 6.10 Å². The molecular formula is C9H10N4O. The maximum Gasteiger partial charge on any atom is 0.217 e. The minimum absolute atomic E-state index is 0.163. The minimum Gasteiger partial charge on any atom is -0.473 e. The van der Waals surface area contributed by atoms with Crippen LogP contribution < -0.4 is 10.1 Å². The second-order valence-electron chi connectivity index (χ2n) is 3.09. The zero-order valence-corrected chi connectivity index (χ0v) is 7.60. The third-order valence-corrected chi connectivity index (χ3v) is 2.06. The van der Waals surface area contributed by atoms with E-state index in [2.05, 4.69) is 15.3 Å². The standard InChI is InChI=1S/C9H10N4O/c10-4-7-3-9(13-6-12-7)14-8-1-2-11-5-8/h3,6,8,11H,1-2,5H2. The van der Waals surface area contributed by atoms with Crippen LogP contribution in [0.25, 0.3) is 0 Å². The van der Waals surface area contributed by atoms with Gasteiger partial charge in [-0.1, -0.05) is 0 Å². The van der Waals surface area contributed by atoms with Gasteiger partial charge in [0, 0.05) is 12.6 Å². The molecule has 72 valence electrons. The lowest BCUT2D eigenvalue weighted by molar-refractivity contribution is 0.213. The van der Waals surface area contributed by atoms with Gasteiger partial charge in [-0.05, 0) is 13.0 Å². The summed E-state index contributed by atoms with van der Waals surface area (Å²) in [4.78, 5) is 7.70. The van der Waals surface area contributed by atoms with Gasteiger partial charge in [0.2, 0.25) is 5.88 Å². The first kappa shape index (κ1) is 8.91. The fraction of sp³-hybridized carbons (Fsp3) is 0.444. The molecule has 0 radical (unpaired) electrons. The van der Waals surface area contributed by atoms with Crippen molar-refractivity contribution in [3.8, 4) is 11.9 Å². The van der Waals surface area contributed by atoms with Crippen molar-refractivity contribution >= 4 is 0 Å². The predicted octanol–water partition coefficient (Wildman–Crippen LogP) is 0.0890. The second-order valence-corrected chi connectivity index (χ2v) is 3.09. The van der Waals surface area contributed by atoms with E-state index in [0.29, 0.717) is 11.6 Å². The highest BCUT2D eigenvalue weighted by Crippen LogP contribution is 2.11. The van der Waals surface area contributed by atoms with Crippen LogP contribution in [0.1, 0.15) is 12.1 Å². The van der Waals surface area contributed by atoms with E-state index in [1.54, 1.807) is 6.07 Å². The lowest BCUT2D eigenvalue weighted by Gasteiger charge is -2.10. The van der Waals surface area contributed by atoms with Crippen LogP contribution in [0.3, 0.4) is 0 Å². The van der Waals surface area contributed by atoms with Crippen LogP contribution >= 0.6 is 0 Å². The molecule has 1 fully saturated rings. The number of ether oxygens (including phenoxy) is 1. The number of hydrogen-bond acceptors (Lipinski definition) is 5. The molecule has 5 heteroatoms. The molecular weight excluding hydrogens is 180 g/mol. The zero-order chi connectivity index (χ0) is 9.80. The Labute approximate surface area is 81.7 Å². The van der Waals surface area contributed by atoms with E-state index in [4.69, 9.17) is 10.00 Å². The highest BCUT2D eigenvalue weighted by molar-refractivity contribution is 5.24. The number of aromatic nitrogens is 2. The maximum atomic E-state index is 8.61. The summed E-state index contributed by atoms with van der Waals surface area (Å²) in [5.41, 5.74) is 0.334. The first-order valence-electron chi connectivity index (χ1n) is 4.48. The number of rotatable bonds is 2. The van der Waals surface area contributed by atoms with E-state index in [1.807, 2.05) is 6.07 Å². The molecule has 0 aromatic carbocycles. The van der Waals surface area contributed by atoms with Gasteiger partial charge in [0.05, 0.1) is 0 Å². The molecule has 0 aliphatic carbocycles. The average Bonchev–Trinajstić information content (AvgIpc) is 2.71. The molecule has 2 heterocycles. The highest BCUT2D eigenvalue weighted by Gasteiger charge is 2.16. The first-order chi connectivity index (χ1) is 6.88. The lowest BCUT2D eigenvalue weighted by Crippen LogP contribution is -2.20. The van der Waals surface area contributed by atoms with E-state index in [0.717, 1.165) is 19.5 Å². The van der Waals surface area contributed by atoms with Gasteiger partial charge in [0.25, 0.3) is 0 Å². The fourth-order valence-electron chi connectivity index (χ4n) is 1.36. The van der Waals surface area contributed by atoms with Crippen LogP contribution in [0.15, 0.2) is 12.4 Å². The normalized spacial score (nSPS) is 20.4. The molecule has 0 bridgehead atoms. The Bertz CT molecular complexity index is 354. The van der Waals surface area contributed by atoms with Crippen molar-refractivity contribution in [1.82, 2.24) is 15.3 Å². The Hall–Kier alpha value is -1.67. The van der Waals surface area contributed by atoms with Crippen LogP contribution in [0.4, 0.5) is 0 Å². The summed E-state index contributed by atoms with van der Waals surface area (Å²) < 4.78 is 5.55. The molecule has 1 aromatic rings. The van der Waals surface area contributed by atoms with Gasteiger partial charge in [0.1, 0.15) is 24.2 Å². The minimum atomic E-state index is 0.163. The molecule has 2 rings (SSSR count). The molecule has 0 spiro atoms. The van der Waals surface area contributed by atoms with Crippen molar-refractivity contribution in [2.24, 2.45) is 0 Å². The summed E-state index contributed by atoms with van der Waals surface area (Å²) >= 11 is 0. The van der Waals surface area contributed by atoms with Gasteiger partial charge in [0.15, 0.2) is 0 Å². The number of nitrogens with zero attached hydrogens (tertiary/aromatic N) is 3. The van der Waals surface area contributed by atoms with Gasteiger partial charge in [-0.25, -0.2) is 9.97 Å². The van der Waals surface area contributed by atoms with E-state index in [1.165, 1.54) is 6.33 Å². The van der Waals surface area contributed by atoms with Gasteiger partial charge >= 0.3 is 0 Å². The summed E-state index contributed by atoms with van der Waals surface area (Å²) in [6, 6.07) is 3.50. The third-order valence-electron chi connectivity index (χ3n) is 2.06. The van der Waals surface area contributed by atoms with Crippen molar-refractivity contribution in [2.45, 2.75) is 12.5 Å². The summed E-state index contributed by atoms with van der Waals surface area (Å²) in [6.07, 6.45) is 2.48. The Balaban J connectivity index is 2.05. The molecule has 0 saturated carbocycles. The van der Waals surface area contributed by atoms with Gasteiger partial charge < -0.3 is 10.1 Å². The van der Waals surface area contributed by atoms with E-state index in [9.17, 15) is 0 Å². The Morgan fingerprint density at radius 1 is 1.57 bits per heavy atom. The van der Waals surface area contributed by atoms with Crippen LogP contribution in [-0.4, -0.2) is 29.2 Å². The summed E-state index contributed by atoms with van der Waals surface area (Å²) in [6.45, 7) is 1.81. The SMILES string of the molecule is N#Cc1cc(OC2CCNC2)ncn1. The van der Waals surface area contributed by atoms with E-state index >= 15 is 0 Å². The van der Waals surface area contributed by atoms with Crippen LogP contribution in [-0.2, 0) is 0 Å². The second kappa shape index (κ2) is 4.03. The van der Waals surface area contributed by atoms with Crippen molar-refractivity contribution in [2.75, 3.05) is 13.1 Å². The summed E-state index contributed by atoms with van der Waals surface area (Å²) in [5.74, 6) is 0.477. The predicted molar refractivity (Wildman–Crippen MR) is 48.6 cm³/mol. The molecule has 1 saturated heterocycles. The van der Waals surface area contributed by atoms with Crippen molar-refractivity contribution in [3.05, 3.63) is 18.1 Å². The molecule has 1 aromatic heterocycles. The topological polar surface area (TPSA) is 70.8 Å². The lowest BCUT2D eigenvalue weighted by atomic mass is 10.3. The third kappa shape index (κ3) is 1.98. The first-order valence-corrected chi connectivity index (χ1v) is 4.48. The molecule has 1 unspecified atom stereocenters. The molecule has 1 N–H and O–H groups in total. The summed E-state index contributed by atoms with van der Waals surface area (Å²) in [5, 5.41) is 11.8. The maximum absolute atomic E-state index is 8.61.